The van der Waals surface area contributed by atoms with E-state index in [-0.39, 0.29) is 30.2 Å². The van der Waals surface area contributed by atoms with Crippen molar-refractivity contribution in [2.24, 2.45) is 0 Å². The highest BCUT2D eigenvalue weighted by Crippen LogP contribution is 2.01. The van der Waals surface area contributed by atoms with E-state index < -0.39 is 0 Å². The Hall–Kier alpha value is -1.59. The lowest BCUT2D eigenvalue weighted by Crippen LogP contribution is -2.32. The third-order valence-electron chi connectivity index (χ3n) is 4.37. The van der Waals surface area contributed by atoms with Crippen LogP contribution in [0.15, 0.2) is 0 Å². The summed E-state index contributed by atoms with van der Waals surface area (Å²) in [6.07, 6.45) is 3.54. The Labute approximate surface area is 186 Å². The first-order valence-electron chi connectivity index (χ1n) is 10.9. The number of ether oxygens (including phenoxy) is 4. The largest absolute Gasteiger partial charge is 0.385 e. The van der Waals surface area contributed by atoms with Crippen molar-refractivity contribution in [1.29, 1.82) is 0 Å². The van der Waals surface area contributed by atoms with Crippen LogP contribution in [0.2, 0.25) is 0 Å². The maximum absolute atomic E-state index is 11.7. The van der Waals surface area contributed by atoms with Crippen molar-refractivity contribution in [1.82, 2.24) is 16.0 Å². The molecule has 0 radical (unpaired) electrons. The van der Waals surface area contributed by atoms with E-state index in [1.54, 1.807) is 21.1 Å². The summed E-state index contributed by atoms with van der Waals surface area (Å²) in [7, 11) is 3.40. The lowest BCUT2D eigenvalue weighted by atomic mass is 10.1. The number of likely N-dealkylation sites (N-methyl/N-ethyl adjacent to an activating group) is 1. The number of amides is 2. The van der Waals surface area contributed by atoms with Crippen molar-refractivity contribution < 1.29 is 33.3 Å². The van der Waals surface area contributed by atoms with Crippen molar-refractivity contribution in [2.45, 2.75) is 45.1 Å². The second kappa shape index (κ2) is 21.6. The molecule has 0 fully saturated rings. The van der Waals surface area contributed by atoms with Gasteiger partial charge in [0.1, 0.15) is 12.4 Å². The average Bonchev–Trinajstić information content (AvgIpc) is 2.74. The van der Waals surface area contributed by atoms with E-state index >= 15 is 0 Å². The van der Waals surface area contributed by atoms with Crippen LogP contribution in [-0.4, -0.2) is 97.1 Å². The van der Waals surface area contributed by atoms with Crippen molar-refractivity contribution in [2.75, 3.05) is 73.5 Å². The molecular formula is C21H41N3O7. The van der Waals surface area contributed by atoms with Gasteiger partial charge in [0.15, 0.2) is 0 Å². The second-order valence-corrected chi connectivity index (χ2v) is 7.02. The summed E-state index contributed by atoms with van der Waals surface area (Å²) in [6.45, 7) is 5.22. The van der Waals surface area contributed by atoms with Crippen LogP contribution in [0.25, 0.3) is 0 Å². The number of ketones is 1. The zero-order valence-corrected chi connectivity index (χ0v) is 19.3. The molecule has 31 heavy (non-hydrogen) atoms. The minimum Gasteiger partial charge on any atom is -0.385 e. The molecule has 0 spiro atoms. The zero-order chi connectivity index (χ0) is 23.2. The van der Waals surface area contributed by atoms with Gasteiger partial charge in [-0.3, -0.25) is 14.4 Å². The van der Waals surface area contributed by atoms with E-state index in [2.05, 4.69) is 16.0 Å². The van der Waals surface area contributed by atoms with E-state index in [4.69, 9.17) is 18.9 Å². The molecule has 0 aromatic heterocycles. The van der Waals surface area contributed by atoms with Gasteiger partial charge in [0.2, 0.25) is 11.8 Å². The Balaban J connectivity index is 3.36. The fourth-order valence-electron chi connectivity index (χ4n) is 2.61. The molecule has 0 heterocycles. The summed E-state index contributed by atoms with van der Waals surface area (Å²) in [5.41, 5.74) is 0. The van der Waals surface area contributed by atoms with Crippen molar-refractivity contribution in [3.05, 3.63) is 0 Å². The SMILES string of the molecule is CNC(CCCCNC(=O)CCOCCOCCNC(=O)COCCCOC)C(C)=O. The van der Waals surface area contributed by atoms with Crippen LogP contribution in [0, 0.1) is 0 Å². The number of rotatable bonds is 22. The molecule has 2 amide bonds. The van der Waals surface area contributed by atoms with Gasteiger partial charge < -0.3 is 34.9 Å². The van der Waals surface area contributed by atoms with Crippen LogP contribution in [0.1, 0.15) is 39.0 Å². The third-order valence-corrected chi connectivity index (χ3v) is 4.37. The number of nitrogens with one attached hydrogen (secondary N) is 3. The summed E-state index contributed by atoms with van der Waals surface area (Å²) < 4.78 is 20.8. The molecule has 0 saturated heterocycles. The fraction of sp³-hybridized carbons (Fsp3) is 0.857. The highest BCUT2D eigenvalue weighted by Gasteiger charge is 2.10. The summed E-state index contributed by atoms with van der Waals surface area (Å²) in [4.78, 5) is 34.5. The van der Waals surface area contributed by atoms with Gasteiger partial charge >= 0.3 is 0 Å². The Morgan fingerprint density at radius 3 is 2.16 bits per heavy atom. The molecule has 0 saturated carbocycles. The van der Waals surface area contributed by atoms with E-state index in [1.807, 2.05) is 0 Å². The van der Waals surface area contributed by atoms with Crippen LogP contribution in [0.4, 0.5) is 0 Å². The lowest BCUT2D eigenvalue weighted by molar-refractivity contribution is -0.126. The van der Waals surface area contributed by atoms with Gasteiger partial charge in [-0.25, -0.2) is 0 Å². The van der Waals surface area contributed by atoms with Gasteiger partial charge in [-0.1, -0.05) is 0 Å². The van der Waals surface area contributed by atoms with Crippen LogP contribution in [-0.2, 0) is 33.3 Å². The first-order chi connectivity index (χ1) is 15.0. The maximum atomic E-state index is 11.7. The molecule has 0 rings (SSSR count). The molecule has 0 aliphatic heterocycles. The standard InChI is InChI=1S/C21H41N3O7/c1-18(25)19(22-2)7-4-5-9-23-20(26)8-13-29-15-16-30-14-10-24-21(27)17-31-12-6-11-28-3/h19,22H,4-17H2,1-3H3,(H,23,26)(H,24,27). The Morgan fingerprint density at radius 2 is 1.48 bits per heavy atom. The smallest absolute Gasteiger partial charge is 0.246 e. The topological polar surface area (TPSA) is 124 Å². The molecule has 0 aliphatic rings. The van der Waals surface area contributed by atoms with Gasteiger partial charge in [0, 0.05) is 39.8 Å². The summed E-state index contributed by atoms with van der Waals surface area (Å²) in [5, 5.41) is 8.53. The highest BCUT2D eigenvalue weighted by molar-refractivity contribution is 5.81. The molecule has 182 valence electrons. The monoisotopic (exact) mass is 447 g/mol. The molecule has 0 aromatic carbocycles. The van der Waals surface area contributed by atoms with Crippen LogP contribution in [0.3, 0.4) is 0 Å². The average molecular weight is 448 g/mol. The highest BCUT2D eigenvalue weighted by atomic mass is 16.5. The molecule has 1 unspecified atom stereocenters. The minimum absolute atomic E-state index is 0.0315. The van der Waals surface area contributed by atoms with Gasteiger partial charge in [0.25, 0.3) is 0 Å². The Kier molecular flexibility index (Phi) is 20.5. The number of Topliss-reactive ketones (excluding diaryl/α,β-unsaturated/α-hetero) is 1. The molecule has 10 heteroatoms. The molecule has 0 aliphatic carbocycles. The Morgan fingerprint density at radius 1 is 0.774 bits per heavy atom. The fourth-order valence-corrected chi connectivity index (χ4v) is 2.61. The second-order valence-electron chi connectivity index (χ2n) is 7.02. The van der Waals surface area contributed by atoms with Crippen molar-refractivity contribution in [3.8, 4) is 0 Å². The predicted molar refractivity (Wildman–Crippen MR) is 117 cm³/mol. The van der Waals surface area contributed by atoms with Crippen LogP contribution >= 0.6 is 0 Å². The van der Waals surface area contributed by atoms with Gasteiger partial charge in [-0.2, -0.15) is 0 Å². The molecular weight excluding hydrogens is 406 g/mol. The van der Waals surface area contributed by atoms with Gasteiger partial charge in [-0.15, -0.1) is 0 Å². The number of hydrogen-bond acceptors (Lipinski definition) is 8. The first-order valence-corrected chi connectivity index (χ1v) is 10.9. The number of methoxy groups -OCH3 is 1. The van der Waals surface area contributed by atoms with E-state index in [1.165, 1.54) is 0 Å². The van der Waals surface area contributed by atoms with E-state index in [0.717, 1.165) is 25.7 Å². The molecule has 0 bridgehead atoms. The molecule has 10 nitrogen and oxygen atoms in total. The van der Waals surface area contributed by atoms with Crippen LogP contribution in [0.5, 0.6) is 0 Å². The number of hydrogen-bond donors (Lipinski definition) is 3. The quantitative estimate of drug-likeness (QED) is 0.199. The van der Waals surface area contributed by atoms with Crippen molar-refractivity contribution in [3.63, 3.8) is 0 Å². The molecule has 1 atom stereocenters. The number of carbonyl (C=O) groups excluding carboxylic acids is 3. The number of carbonyl (C=O) groups is 3. The zero-order valence-electron chi connectivity index (χ0n) is 19.3. The van der Waals surface area contributed by atoms with E-state index in [0.29, 0.717) is 59.2 Å². The summed E-state index contributed by atoms with van der Waals surface area (Å²) in [5.74, 6) is -0.0924. The van der Waals surface area contributed by atoms with Crippen LogP contribution < -0.4 is 16.0 Å². The summed E-state index contributed by atoms with van der Waals surface area (Å²) >= 11 is 0. The van der Waals surface area contributed by atoms with E-state index in [9.17, 15) is 14.4 Å². The van der Waals surface area contributed by atoms with Gasteiger partial charge in [-0.05, 0) is 39.7 Å². The van der Waals surface area contributed by atoms with Crippen molar-refractivity contribution >= 4 is 17.6 Å². The summed E-state index contributed by atoms with van der Waals surface area (Å²) in [6, 6.07) is -0.104. The Bertz CT molecular complexity index is 478. The lowest BCUT2D eigenvalue weighted by Gasteiger charge is -2.12. The maximum Gasteiger partial charge on any atom is 0.246 e. The first kappa shape index (κ1) is 29.4. The molecule has 3 N–H and O–H groups in total. The molecule has 0 aromatic rings. The van der Waals surface area contributed by atoms with Gasteiger partial charge in [0.05, 0.1) is 32.5 Å². The third kappa shape index (κ3) is 20.1. The number of unbranched alkanes of at least 4 members (excludes halogenated alkanes) is 1. The minimum atomic E-state index is -0.177. The predicted octanol–water partition coefficient (Wildman–Crippen LogP) is 0.0425. The normalized spacial score (nSPS) is 11.8.